The van der Waals surface area contributed by atoms with Gasteiger partial charge < -0.3 is 33.8 Å². The van der Waals surface area contributed by atoms with E-state index in [0.29, 0.717) is 31.6 Å². The first kappa shape index (κ1) is 76.1. The molecule has 0 rings (SSSR count). The lowest BCUT2D eigenvalue weighted by atomic mass is 10.0. The van der Waals surface area contributed by atoms with Crippen molar-refractivity contribution in [3.63, 3.8) is 0 Å². The zero-order chi connectivity index (χ0) is 58.0. The molecule has 0 bridgehead atoms. The number of phosphoric ester groups is 2. The fraction of sp³-hybridized carbons (Fsp3) is 0.932. The van der Waals surface area contributed by atoms with Gasteiger partial charge in [0.1, 0.15) is 19.3 Å². The number of rotatable bonds is 58. The molecule has 0 aliphatic carbocycles. The summed E-state index contributed by atoms with van der Waals surface area (Å²) in [6, 6.07) is 0. The Balaban J connectivity index is 5.18. The van der Waals surface area contributed by atoms with Crippen molar-refractivity contribution in [1.29, 1.82) is 0 Å². The van der Waals surface area contributed by atoms with Crippen molar-refractivity contribution in [2.75, 3.05) is 39.6 Å². The lowest BCUT2D eigenvalue weighted by molar-refractivity contribution is -0.161. The Hall–Kier alpha value is -1.94. The summed E-state index contributed by atoms with van der Waals surface area (Å²) in [7, 11) is -9.87. The van der Waals surface area contributed by atoms with Crippen LogP contribution >= 0.6 is 15.6 Å². The van der Waals surface area contributed by atoms with Gasteiger partial charge in [-0.25, -0.2) is 9.13 Å². The smallest absolute Gasteiger partial charge is 0.462 e. The average Bonchev–Trinajstić information content (AvgIpc) is 3.39. The molecule has 0 saturated carbocycles. The van der Waals surface area contributed by atoms with Gasteiger partial charge in [0, 0.05) is 25.7 Å². The molecule has 3 N–H and O–H groups in total. The standard InChI is InChI=1S/C59H114O17P2/c1-7-9-11-13-14-18-24-31-37-43-58(63)75-54(47-69-56(61)41-35-27-12-10-8-2)49-73-77(65,66)71-45-53(60)46-72-78(67,68)74-50-55(48-70-57(62)42-36-30-26-21-23-29-34-40-52(5)6)76-59(64)44-38-32-25-20-17-15-16-19-22-28-33-39-51(3)4/h51-55,60H,7-50H2,1-6H3,(H,65,66)(H,67,68)/t53-,54+,55+/m0/s1. The van der Waals surface area contributed by atoms with Gasteiger partial charge in [0.15, 0.2) is 12.2 Å². The molecule has 0 aromatic carbocycles. The molecule has 0 heterocycles. The summed E-state index contributed by atoms with van der Waals surface area (Å²) >= 11 is 0. The maximum atomic E-state index is 12.9. The van der Waals surface area contributed by atoms with E-state index in [2.05, 4.69) is 41.5 Å². The molecule has 0 aliphatic heterocycles. The van der Waals surface area contributed by atoms with Crippen molar-refractivity contribution in [3.05, 3.63) is 0 Å². The molecule has 17 nitrogen and oxygen atoms in total. The van der Waals surface area contributed by atoms with E-state index < -0.39 is 97.5 Å². The number of ether oxygens (including phenoxy) is 4. The van der Waals surface area contributed by atoms with E-state index in [-0.39, 0.29) is 25.7 Å². The van der Waals surface area contributed by atoms with Gasteiger partial charge in [0.05, 0.1) is 26.4 Å². The van der Waals surface area contributed by atoms with Crippen molar-refractivity contribution < 1.29 is 80.2 Å². The molecule has 0 fully saturated rings. The van der Waals surface area contributed by atoms with Gasteiger partial charge in [-0.1, -0.05) is 234 Å². The van der Waals surface area contributed by atoms with Crippen LogP contribution in [0.15, 0.2) is 0 Å². The maximum absolute atomic E-state index is 12.9. The molecule has 5 atom stereocenters. The van der Waals surface area contributed by atoms with E-state index in [1.807, 2.05) is 0 Å². The Bertz CT molecular complexity index is 1550. The molecule has 0 aromatic rings. The molecular weight excluding hydrogens is 1040 g/mol. The number of esters is 4. The number of hydrogen-bond donors (Lipinski definition) is 3. The van der Waals surface area contributed by atoms with Crippen molar-refractivity contribution in [3.8, 4) is 0 Å². The van der Waals surface area contributed by atoms with Gasteiger partial charge in [-0.05, 0) is 37.5 Å². The molecule has 0 spiro atoms. The van der Waals surface area contributed by atoms with Crippen LogP contribution in [0, 0.1) is 11.8 Å². The Kier molecular flexibility index (Phi) is 50.6. The second-order valence-corrected chi connectivity index (χ2v) is 25.2. The average molecular weight is 1160 g/mol. The topological polar surface area (TPSA) is 237 Å². The van der Waals surface area contributed by atoms with Crippen LogP contribution in [0.4, 0.5) is 0 Å². The molecule has 78 heavy (non-hydrogen) atoms. The fourth-order valence-electron chi connectivity index (χ4n) is 8.65. The lowest BCUT2D eigenvalue weighted by Gasteiger charge is -2.21. The first-order valence-electron chi connectivity index (χ1n) is 31.0. The summed E-state index contributed by atoms with van der Waals surface area (Å²) in [6.45, 7) is 9.29. The number of aliphatic hydroxyl groups is 1. The molecule has 2 unspecified atom stereocenters. The number of hydrogen-bond acceptors (Lipinski definition) is 15. The normalized spacial score (nSPS) is 14.4. The van der Waals surface area contributed by atoms with Crippen LogP contribution in [0.2, 0.25) is 0 Å². The van der Waals surface area contributed by atoms with E-state index >= 15 is 0 Å². The van der Waals surface area contributed by atoms with E-state index in [0.717, 1.165) is 109 Å². The monoisotopic (exact) mass is 1160 g/mol. The number of carbonyl (C=O) groups is 4. The summed E-state index contributed by atoms with van der Waals surface area (Å²) in [4.78, 5) is 71.7. The predicted octanol–water partition coefficient (Wildman–Crippen LogP) is 15.7. The molecule has 19 heteroatoms. The third kappa shape index (κ3) is 53.4. The van der Waals surface area contributed by atoms with Gasteiger partial charge in [-0.2, -0.15) is 0 Å². The van der Waals surface area contributed by atoms with Gasteiger partial charge in [-0.15, -0.1) is 0 Å². The van der Waals surface area contributed by atoms with Gasteiger partial charge in [0.25, 0.3) is 0 Å². The summed E-state index contributed by atoms with van der Waals surface area (Å²) < 4.78 is 67.5. The molecule has 0 aliphatic rings. The predicted molar refractivity (Wildman–Crippen MR) is 308 cm³/mol. The van der Waals surface area contributed by atoms with Crippen LogP contribution in [-0.2, 0) is 65.4 Å². The largest absolute Gasteiger partial charge is 0.472 e. The molecule has 0 saturated heterocycles. The minimum absolute atomic E-state index is 0.104. The van der Waals surface area contributed by atoms with Gasteiger partial charge >= 0.3 is 39.5 Å². The van der Waals surface area contributed by atoms with Crippen molar-refractivity contribution in [2.45, 2.75) is 304 Å². The summed E-state index contributed by atoms with van der Waals surface area (Å²) in [5.41, 5.74) is 0. The van der Waals surface area contributed by atoms with Crippen molar-refractivity contribution >= 4 is 39.5 Å². The summed E-state index contributed by atoms with van der Waals surface area (Å²) in [5, 5.41) is 10.5. The first-order valence-corrected chi connectivity index (χ1v) is 34.0. The second kappa shape index (κ2) is 51.9. The Morgan fingerprint density at radius 3 is 0.872 bits per heavy atom. The number of unbranched alkanes of at least 4 members (excludes halogenated alkanes) is 28. The van der Waals surface area contributed by atoms with Crippen LogP contribution < -0.4 is 0 Å². The van der Waals surface area contributed by atoms with Crippen LogP contribution in [-0.4, -0.2) is 96.7 Å². The summed E-state index contributed by atoms with van der Waals surface area (Å²) in [5.74, 6) is -0.683. The molecule has 462 valence electrons. The van der Waals surface area contributed by atoms with Crippen molar-refractivity contribution in [1.82, 2.24) is 0 Å². The Morgan fingerprint density at radius 1 is 0.346 bits per heavy atom. The highest BCUT2D eigenvalue weighted by Gasteiger charge is 2.30. The highest BCUT2D eigenvalue weighted by atomic mass is 31.2. The lowest BCUT2D eigenvalue weighted by Crippen LogP contribution is -2.30. The molecule has 0 amide bonds. The minimum atomic E-state index is -4.94. The van der Waals surface area contributed by atoms with Gasteiger partial charge in [-0.3, -0.25) is 37.3 Å². The number of carbonyl (C=O) groups excluding carboxylic acids is 4. The highest BCUT2D eigenvalue weighted by molar-refractivity contribution is 7.47. The third-order valence-corrected chi connectivity index (χ3v) is 15.4. The van der Waals surface area contributed by atoms with E-state index in [4.69, 9.17) is 37.0 Å². The maximum Gasteiger partial charge on any atom is 0.472 e. The Morgan fingerprint density at radius 2 is 0.590 bits per heavy atom. The van der Waals surface area contributed by atoms with E-state index in [1.165, 1.54) is 89.9 Å². The van der Waals surface area contributed by atoms with E-state index in [9.17, 15) is 43.2 Å². The zero-order valence-corrected chi connectivity index (χ0v) is 51.7. The zero-order valence-electron chi connectivity index (χ0n) is 50.0. The van der Waals surface area contributed by atoms with Crippen LogP contribution in [0.3, 0.4) is 0 Å². The van der Waals surface area contributed by atoms with Crippen LogP contribution in [0.5, 0.6) is 0 Å². The van der Waals surface area contributed by atoms with Crippen LogP contribution in [0.1, 0.15) is 286 Å². The van der Waals surface area contributed by atoms with E-state index in [1.54, 1.807) is 0 Å². The summed E-state index contributed by atoms with van der Waals surface area (Å²) in [6.07, 6.45) is 32.5. The number of phosphoric acid groups is 2. The third-order valence-electron chi connectivity index (χ3n) is 13.5. The fourth-order valence-corrected chi connectivity index (χ4v) is 10.2. The molecular formula is C59H114O17P2. The Labute approximate surface area is 473 Å². The molecule has 0 radical (unpaired) electrons. The minimum Gasteiger partial charge on any atom is -0.462 e. The molecule has 0 aromatic heterocycles. The van der Waals surface area contributed by atoms with Crippen molar-refractivity contribution in [2.24, 2.45) is 11.8 Å². The number of aliphatic hydroxyl groups excluding tert-OH is 1. The van der Waals surface area contributed by atoms with Gasteiger partial charge in [0.2, 0.25) is 0 Å². The SMILES string of the molecule is CCCCCCCCCCCC(=O)O[C@H](COC(=O)CCCCCCC)COP(=O)(O)OC[C@H](O)COP(=O)(O)OC[C@@H](COC(=O)CCCCCCCCCC(C)C)OC(=O)CCCCCCCCCCCCCC(C)C. The highest BCUT2D eigenvalue weighted by Crippen LogP contribution is 2.45. The van der Waals surface area contributed by atoms with Crippen LogP contribution in [0.25, 0.3) is 0 Å². The quantitative estimate of drug-likeness (QED) is 0.0222. The second-order valence-electron chi connectivity index (χ2n) is 22.3. The first-order chi connectivity index (χ1) is 37.4.